The van der Waals surface area contributed by atoms with Crippen molar-refractivity contribution in [2.75, 3.05) is 0 Å². The molecular formula is C15H22O. The van der Waals surface area contributed by atoms with Crippen LogP contribution in [0.3, 0.4) is 0 Å². The Kier molecular flexibility index (Phi) is 6.39. The molecule has 0 amide bonds. The lowest BCUT2D eigenvalue weighted by atomic mass is 10.2. The number of benzene rings is 1. The van der Waals surface area contributed by atoms with Gasteiger partial charge < -0.3 is 4.74 Å². The Morgan fingerprint density at radius 1 is 1.12 bits per heavy atom. The maximum absolute atomic E-state index is 5.88. The molecular weight excluding hydrogens is 196 g/mol. The van der Waals surface area contributed by atoms with Crippen LogP contribution in [0.5, 0.6) is 5.75 Å². The molecule has 0 unspecified atom stereocenters. The van der Waals surface area contributed by atoms with E-state index in [1.807, 2.05) is 30.3 Å². The summed E-state index contributed by atoms with van der Waals surface area (Å²) >= 11 is 0. The van der Waals surface area contributed by atoms with Crippen LogP contribution in [0.15, 0.2) is 42.2 Å². The molecule has 1 nitrogen and oxygen atoms in total. The van der Waals surface area contributed by atoms with E-state index in [1.165, 1.54) is 19.3 Å². The van der Waals surface area contributed by atoms with E-state index in [0.717, 1.165) is 24.4 Å². The van der Waals surface area contributed by atoms with Gasteiger partial charge in [-0.2, -0.15) is 0 Å². The highest BCUT2D eigenvalue weighted by Gasteiger charge is 1.99. The zero-order valence-electron chi connectivity index (χ0n) is 10.4. The molecule has 1 rings (SSSR count). The van der Waals surface area contributed by atoms with Gasteiger partial charge in [-0.3, -0.25) is 0 Å². The third-order valence-corrected chi connectivity index (χ3v) is 2.43. The Labute approximate surface area is 99.1 Å². The van der Waals surface area contributed by atoms with E-state index in [-0.39, 0.29) is 0 Å². The molecule has 0 aromatic heterocycles. The van der Waals surface area contributed by atoms with E-state index in [9.17, 15) is 0 Å². The summed E-state index contributed by atoms with van der Waals surface area (Å²) in [4.78, 5) is 0. The van der Waals surface area contributed by atoms with E-state index in [4.69, 9.17) is 4.74 Å². The third kappa shape index (κ3) is 5.01. The van der Waals surface area contributed by atoms with Crippen LogP contribution in [-0.4, -0.2) is 0 Å². The van der Waals surface area contributed by atoms with E-state index in [2.05, 4.69) is 19.9 Å². The highest BCUT2D eigenvalue weighted by atomic mass is 16.5. The van der Waals surface area contributed by atoms with E-state index < -0.39 is 0 Å². The minimum atomic E-state index is 0.945. The molecule has 1 aromatic carbocycles. The summed E-state index contributed by atoms with van der Waals surface area (Å²) in [6.07, 6.45) is 7.96. The van der Waals surface area contributed by atoms with Gasteiger partial charge in [-0.25, -0.2) is 0 Å². The van der Waals surface area contributed by atoms with Crippen LogP contribution in [-0.2, 0) is 0 Å². The number of ether oxygens (including phenoxy) is 1. The summed E-state index contributed by atoms with van der Waals surface area (Å²) in [7, 11) is 0. The van der Waals surface area contributed by atoms with Gasteiger partial charge in [-0.15, -0.1) is 0 Å². The summed E-state index contributed by atoms with van der Waals surface area (Å²) in [6.45, 7) is 4.40. The molecule has 0 bridgehead atoms. The maximum Gasteiger partial charge on any atom is 0.126 e. The molecule has 1 heteroatoms. The summed E-state index contributed by atoms with van der Waals surface area (Å²) < 4.78 is 5.88. The highest BCUT2D eigenvalue weighted by Crippen LogP contribution is 2.17. The Bertz CT molecular complexity index is 300. The van der Waals surface area contributed by atoms with Gasteiger partial charge in [-0.1, -0.05) is 44.9 Å². The van der Waals surface area contributed by atoms with Crippen LogP contribution in [0.2, 0.25) is 0 Å². The number of allylic oxidation sites excluding steroid dienone is 2. The quantitative estimate of drug-likeness (QED) is 0.589. The normalized spacial score (nSPS) is 11.5. The minimum Gasteiger partial charge on any atom is -0.462 e. The van der Waals surface area contributed by atoms with Crippen molar-refractivity contribution in [1.29, 1.82) is 0 Å². The van der Waals surface area contributed by atoms with Gasteiger partial charge in [0.1, 0.15) is 11.5 Å². The number of hydrogen-bond acceptors (Lipinski definition) is 1. The molecule has 88 valence electrons. The zero-order chi connectivity index (χ0) is 11.6. The summed E-state index contributed by atoms with van der Waals surface area (Å²) in [5.41, 5.74) is 0. The largest absolute Gasteiger partial charge is 0.462 e. The van der Waals surface area contributed by atoms with Crippen LogP contribution in [0.1, 0.15) is 46.0 Å². The van der Waals surface area contributed by atoms with Gasteiger partial charge >= 0.3 is 0 Å². The average Bonchev–Trinajstić information content (AvgIpc) is 2.34. The van der Waals surface area contributed by atoms with Crippen LogP contribution in [0, 0.1) is 0 Å². The summed E-state index contributed by atoms with van der Waals surface area (Å²) in [6, 6.07) is 10.0. The van der Waals surface area contributed by atoms with Gasteiger partial charge in [0.25, 0.3) is 0 Å². The zero-order valence-corrected chi connectivity index (χ0v) is 10.4. The van der Waals surface area contributed by atoms with E-state index >= 15 is 0 Å². The lowest BCUT2D eigenvalue weighted by molar-refractivity contribution is 0.395. The molecule has 0 aliphatic carbocycles. The number of para-hydroxylation sites is 1. The molecule has 0 radical (unpaired) electrons. The fraction of sp³-hybridized carbons (Fsp3) is 0.467. The third-order valence-electron chi connectivity index (χ3n) is 2.43. The second kappa shape index (κ2) is 7.98. The smallest absolute Gasteiger partial charge is 0.126 e. The molecule has 0 N–H and O–H groups in total. The summed E-state index contributed by atoms with van der Waals surface area (Å²) in [5.74, 6) is 2.07. The van der Waals surface area contributed by atoms with Crippen molar-refractivity contribution in [3.63, 3.8) is 0 Å². The van der Waals surface area contributed by atoms with Crippen molar-refractivity contribution in [2.45, 2.75) is 46.0 Å². The molecule has 0 aliphatic heterocycles. The van der Waals surface area contributed by atoms with Gasteiger partial charge in [0.15, 0.2) is 0 Å². The molecule has 0 atom stereocenters. The molecule has 0 spiro atoms. The first-order chi connectivity index (χ1) is 7.86. The Morgan fingerprint density at radius 2 is 1.88 bits per heavy atom. The first-order valence-electron chi connectivity index (χ1n) is 6.28. The second-order valence-electron chi connectivity index (χ2n) is 3.98. The van der Waals surface area contributed by atoms with Gasteiger partial charge in [0.05, 0.1) is 0 Å². The molecule has 16 heavy (non-hydrogen) atoms. The van der Waals surface area contributed by atoms with Gasteiger partial charge in [0, 0.05) is 6.42 Å². The van der Waals surface area contributed by atoms with Crippen molar-refractivity contribution in [3.8, 4) is 5.75 Å². The second-order valence-corrected chi connectivity index (χ2v) is 3.98. The van der Waals surface area contributed by atoms with Crippen molar-refractivity contribution >= 4 is 0 Å². The number of hydrogen-bond donors (Lipinski definition) is 0. The first-order valence-corrected chi connectivity index (χ1v) is 6.28. The van der Waals surface area contributed by atoms with Crippen molar-refractivity contribution in [1.82, 2.24) is 0 Å². The highest BCUT2D eigenvalue weighted by molar-refractivity contribution is 5.23. The fourth-order valence-corrected chi connectivity index (χ4v) is 1.49. The average molecular weight is 218 g/mol. The van der Waals surface area contributed by atoms with E-state index in [1.54, 1.807) is 0 Å². The van der Waals surface area contributed by atoms with Crippen molar-refractivity contribution in [3.05, 3.63) is 42.2 Å². The standard InChI is InChI=1S/C15H22O/c1-3-5-10-14(11-6-4-2)16-15-12-8-7-9-13-15/h7-10,12-13H,3-6,11H2,1-2H3. The predicted molar refractivity (Wildman–Crippen MR) is 69.6 cm³/mol. The van der Waals surface area contributed by atoms with Crippen molar-refractivity contribution in [2.24, 2.45) is 0 Å². The Balaban J connectivity index is 2.56. The molecule has 0 aliphatic rings. The molecule has 0 saturated heterocycles. The first kappa shape index (κ1) is 12.8. The summed E-state index contributed by atoms with van der Waals surface area (Å²) in [5, 5.41) is 0. The van der Waals surface area contributed by atoms with Crippen LogP contribution in [0.4, 0.5) is 0 Å². The number of rotatable bonds is 7. The van der Waals surface area contributed by atoms with Crippen LogP contribution < -0.4 is 4.74 Å². The van der Waals surface area contributed by atoms with E-state index in [0.29, 0.717) is 0 Å². The number of unbranched alkanes of at least 4 members (excludes halogenated alkanes) is 2. The molecule has 0 heterocycles. The van der Waals surface area contributed by atoms with Crippen molar-refractivity contribution < 1.29 is 4.74 Å². The topological polar surface area (TPSA) is 9.23 Å². The maximum atomic E-state index is 5.88. The Morgan fingerprint density at radius 3 is 2.50 bits per heavy atom. The van der Waals surface area contributed by atoms with Gasteiger partial charge in [-0.05, 0) is 31.1 Å². The predicted octanol–water partition coefficient (Wildman–Crippen LogP) is 4.94. The molecule has 0 fully saturated rings. The fourth-order valence-electron chi connectivity index (χ4n) is 1.49. The minimum absolute atomic E-state index is 0.945. The molecule has 1 aromatic rings. The lowest BCUT2D eigenvalue weighted by Gasteiger charge is -2.09. The van der Waals surface area contributed by atoms with Gasteiger partial charge in [0.2, 0.25) is 0 Å². The Hall–Kier alpha value is -1.24. The van der Waals surface area contributed by atoms with Crippen LogP contribution in [0.25, 0.3) is 0 Å². The van der Waals surface area contributed by atoms with Crippen LogP contribution >= 0.6 is 0 Å². The SMILES string of the molecule is CCCC=C(CCCC)Oc1ccccc1. The lowest BCUT2D eigenvalue weighted by Crippen LogP contribution is -1.95. The molecule has 0 saturated carbocycles. The monoisotopic (exact) mass is 218 g/mol.